The Balaban J connectivity index is 1.80. The first kappa shape index (κ1) is 18.8. The van der Waals surface area contributed by atoms with Crippen molar-refractivity contribution in [1.29, 1.82) is 0 Å². The normalized spacial score (nSPS) is 13.0. The molecule has 3 rings (SSSR count). The van der Waals surface area contributed by atoms with E-state index in [-0.39, 0.29) is 18.4 Å². The molecule has 6 nitrogen and oxygen atoms in total. The highest BCUT2D eigenvalue weighted by molar-refractivity contribution is 6.05. The summed E-state index contributed by atoms with van der Waals surface area (Å²) in [6, 6.07) is 12.4. The first-order valence-electron chi connectivity index (χ1n) is 9.23. The maximum Gasteiger partial charge on any atom is 0.265 e. The van der Waals surface area contributed by atoms with Crippen molar-refractivity contribution < 1.29 is 19.1 Å². The number of carbonyl (C=O) groups excluding carboxylic acids is 2. The van der Waals surface area contributed by atoms with Crippen LogP contribution < -0.4 is 19.7 Å². The number of nitrogens with zero attached hydrogens (tertiary/aromatic N) is 1. The highest BCUT2D eigenvalue weighted by Gasteiger charge is 2.25. The van der Waals surface area contributed by atoms with E-state index in [0.717, 1.165) is 12.8 Å². The Bertz CT molecular complexity index is 835. The van der Waals surface area contributed by atoms with Crippen molar-refractivity contribution in [3.8, 4) is 11.5 Å². The molecule has 1 heterocycles. The van der Waals surface area contributed by atoms with Gasteiger partial charge in [0.25, 0.3) is 11.8 Å². The van der Waals surface area contributed by atoms with Crippen LogP contribution in [-0.4, -0.2) is 31.6 Å². The topological polar surface area (TPSA) is 67.9 Å². The van der Waals surface area contributed by atoms with Crippen LogP contribution in [0.3, 0.4) is 0 Å². The molecular formula is C21H24N2O4. The van der Waals surface area contributed by atoms with Crippen molar-refractivity contribution in [2.75, 3.05) is 30.0 Å². The molecule has 0 bridgehead atoms. The molecule has 1 N–H and O–H groups in total. The van der Waals surface area contributed by atoms with Crippen LogP contribution in [-0.2, 0) is 4.79 Å². The Hall–Kier alpha value is -3.02. The van der Waals surface area contributed by atoms with Gasteiger partial charge in [0.2, 0.25) is 0 Å². The SMILES string of the molecule is CCCCN1C(=O)COc2ccc(NC(=O)c3cccc(OCC)c3)cc21. The Labute approximate surface area is 159 Å². The number of unbranched alkanes of at least 4 members (excludes halogenated alkanes) is 1. The minimum Gasteiger partial charge on any atom is -0.494 e. The van der Waals surface area contributed by atoms with Crippen LogP contribution in [0.2, 0.25) is 0 Å². The van der Waals surface area contributed by atoms with Crippen molar-refractivity contribution in [1.82, 2.24) is 0 Å². The Morgan fingerprint density at radius 1 is 1.22 bits per heavy atom. The van der Waals surface area contributed by atoms with Gasteiger partial charge >= 0.3 is 0 Å². The second-order valence-electron chi connectivity index (χ2n) is 6.29. The summed E-state index contributed by atoms with van der Waals surface area (Å²) < 4.78 is 11.0. The maximum absolute atomic E-state index is 12.6. The summed E-state index contributed by atoms with van der Waals surface area (Å²) in [5, 5.41) is 2.88. The number of ether oxygens (including phenoxy) is 2. The number of hydrogen-bond donors (Lipinski definition) is 1. The molecule has 6 heteroatoms. The fraction of sp³-hybridized carbons (Fsp3) is 0.333. The number of benzene rings is 2. The Kier molecular flexibility index (Phi) is 5.96. The van der Waals surface area contributed by atoms with Crippen LogP contribution in [0, 0.1) is 0 Å². The molecular weight excluding hydrogens is 344 g/mol. The van der Waals surface area contributed by atoms with E-state index in [1.165, 1.54) is 0 Å². The average Bonchev–Trinajstić information content (AvgIpc) is 2.68. The molecule has 2 aromatic rings. The fourth-order valence-electron chi connectivity index (χ4n) is 2.94. The van der Waals surface area contributed by atoms with Crippen molar-refractivity contribution in [2.24, 2.45) is 0 Å². The largest absolute Gasteiger partial charge is 0.494 e. The highest BCUT2D eigenvalue weighted by Crippen LogP contribution is 2.35. The summed E-state index contributed by atoms with van der Waals surface area (Å²) in [5.41, 5.74) is 1.81. The average molecular weight is 368 g/mol. The minimum atomic E-state index is -0.236. The van der Waals surface area contributed by atoms with Crippen LogP contribution in [0.4, 0.5) is 11.4 Å². The summed E-state index contributed by atoms with van der Waals surface area (Å²) >= 11 is 0. The molecule has 0 aromatic heterocycles. The number of fused-ring (bicyclic) bond motifs is 1. The van der Waals surface area contributed by atoms with E-state index in [1.807, 2.05) is 13.0 Å². The second kappa shape index (κ2) is 8.58. The zero-order chi connectivity index (χ0) is 19.2. The van der Waals surface area contributed by atoms with Crippen molar-refractivity contribution in [2.45, 2.75) is 26.7 Å². The third-order valence-electron chi connectivity index (χ3n) is 4.30. The third-order valence-corrected chi connectivity index (χ3v) is 4.30. The van der Waals surface area contributed by atoms with E-state index in [2.05, 4.69) is 12.2 Å². The predicted molar refractivity (Wildman–Crippen MR) is 105 cm³/mol. The molecule has 0 spiro atoms. The molecule has 0 fully saturated rings. The number of nitrogens with one attached hydrogen (secondary N) is 1. The van der Waals surface area contributed by atoms with Gasteiger partial charge in [0, 0.05) is 17.8 Å². The van der Waals surface area contributed by atoms with Crippen molar-refractivity contribution in [3.05, 3.63) is 48.0 Å². The molecule has 1 aliphatic rings. The number of anilines is 2. The molecule has 2 aromatic carbocycles. The van der Waals surface area contributed by atoms with Gasteiger partial charge in [0.05, 0.1) is 12.3 Å². The lowest BCUT2D eigenvalue weighted by Gasteiger charge is -2.29. The van der Waals surface area contributed by atoms with E-state index in [0.29, 0.717) is 41.6 Å². The van der Waals surface area contributed by atoms with Crippen LogP contribution >= 0.6 is 0 Å². The van der Waals surface area contributed by atoms with E-state index in [9.17, 15) is 9.59 Å². The monoisotopic (exact) mass is 368 g/mol. The van der Waals surface area contributed by atoms with Gasteiger partial charge in [-0.25, -0.2) is 0 Å². The lowest BCUT2D eigenvalue weighted by Crippen LogP contribution is -2.39. The minimum absolute atomic E-state index is 0.0483. The van der Waals surface area contributed by atoms with Crippen LogP contribution in [0.1, 0.15) is 37.0 Å². The molecule has 27 heavy (non-hydrogen) atoms. The standard InChI is InChI=1S/C21H24N2O4/c1-3-5-11-23-18-13-16(9-10-19(18)27-14-20(23)24)22-21(25)15-7-6-8-17(12-15)26-4-2/h6-10,12-13H,3-5,11,14H2,1-2H3,(H,22,25). The summed E-state index contributed by atoms with van der Waals surface area (Å²) in [7, 11) is 0. The van der Waals surface area contributed by atoms with E-state index in [1.54, 1.807) is 41.3 Å². The van der Waals surface area contributed by atoms with Gasteiger partial charge in [-0.15, -0.1) is 0 Å². The van der Waals surface area contributed by atoms with Crippen molar-refractivity contribution in [3.63, 3.8) is 0 Å². The molecule has 0 radical (unpaired) electrons. The lowest BCUT2D eigenvalue weighted by molar-refractivity contribution is -0.121. The van der Waals surface area contributed by atoms with Crippen LogP contribution in [0.25, 0.3) is 0 Å². The van der Waals surface area contributed by atoms with Gasteiger partial charge in [-0.2, -0.15) is 0 Å². The summed E-state index contributed by atoms with van der Waals surface area (Å²) in [6.45, 7) is 5.20. The van der Waals surface area contributed by atoms with Gasteiger partial charge in [-0.05, 0) is 49.7 Å². The van der Waals surface area contributed by atoms with E-state index in [4.69, 9.17) is 9.47 Å². The van der Waals surface area contributed by atoms with Gasteiger partial charge in [0.1, 0.15) is 11.5 Å². The number of amides is 2. The molecule has 1 aliphatic heterocycles. The summed E-state index contributed by atoms with van der Waals surface area (Å²) in [6.07, 6.45) is 1.90. The number of carbonyl (C=O) groups is 2. The molecule has 0 atom stereocenters. The molecule has 0 saturated heterocycles. The van der Waals surface area contributed by atoms with Gasteiger partial charge < -0.3 is 19.7 Å². The fourth-order valence-corrected chi connectivity index (χ4v) is 2.94. The highest BCUT2D eigenvalue weighted by atomic mass is 16.5. The van der Waals surface area contributed by atoms with E-state index < -0.39 is 0 Å². The van der Waals surface area contributed by atoms with Gasteiger partial charge in [-0.3, -0.25) is 9.59 Å². The third kappa shape index (κ3) is 4.39. The van der Waals surface area contributed by atoms with E-state index >= 15 is 0 Å². The summed E-state index contributed by atoms with van der Waals surface area (Å²) in [4.78, 5) is 26.5. The lowest BCUT2D eigenvalue weighted by atomic mass is 10.1. The molecule has 142 valence electrons. The van der Waals surface area contributed by atoms with Gasteiger partial charge in [-0.1, -0.05) is 19.4 Å². The Morgan fingerprint density at radius 3 is 2.85 bits per heavy atom. The summed E-state index contributed by atoms with van der Waals surface area (Å²) in [5.74, 6) is 1.01. The smallest absolute Gasteiger partial charge is 0.265 e. The van der Waals surface area contributed by atoms with Gasteiger partial charge in [0.15, 0.2) is 6.61 Å². The predicted octanol–water partition coefficient (Wildman–Crippen LogP) is 3.86. The first-order chi connectivity index (χ1) is 13.1. The number of rotatable bonds is 7. The Morgan fingerprint density at radius 2 is 2.07 bits per heavy atom. The maximum atomic E-state index is 12.6. The molecule has 0 saturated carbocycles. The first-order valence-corrected chi connectivity index (χ1v) is 9.23. The zero-order valence-electron chi connectivity index (χ0n) is 15.7. The van der Waals surface area contributed by atoms with Crippen molar-refractivity contribution >= 4 is 23.2 Å². The van der Waals surface area contributed by atoms with Crippen LogP contribution in [0.15, 0.2) is 42.5 Å². The quantitative estimate of drug-likeness (QED) is 0.806. The second-order valence-corrected chi connectivity index (χ2v) is 6.29. The molecule has 0 aliphatic carbocycles. The molecule has 2 amide bonds. The zero-order valence-corrected chi connectivity index (χ0v) is 15.7. The van der Waals surface area contributed by atoms with Crippen LogP contribution in [0.5, 0.6) is 11.5 Å². The number of hydrogen-bond acceptors (Lipinski definition) is 4. The molecule has 0 unspecified atom stereocenters.